The van der Waals surface area contributed by atoms with E-state index in [-0.39, 0.29) is 12.1 Å². The summed E-state index contributed by atoms with van der Waals surface area (Å²) in [6.45, 7) is 6.24. The lowest BCUT2D eigenvalue weighted by Crippen LogP contribution is -2.37. The van der Waals surface area contributed by atoms with Gasteiger partial charge in [0.1, 0.15) is 22.7 Å². The van der Waals surface area contributed by atoms with Crippen LogP contribution in [0.15, 0.2) is 48.5 Å². The fourth-order valence-corrected chi connectivity index (χ4v) is 4.34. The number of amides is 1. The molecule has 8 heteroatoms. The third-order valence-corrected chi connectivity index (χ3v) is 6.06. The molecule has 1 saturated carbocycles. The molecule has 0 saturated heterocycles. The number of hydrogen-bond acceptors (Lipinski definition) is 7. The van der Waals surface area contributed by atoms with E-state index in [1.54, 1.807) is 7.11 Å². The zero-order valence-corrected chi connectivity index (χ0v) is 20.9. The maximum absolute atomic E-state index is 12.0. The normalized spacial score (nSPS) is 18.1. The predicted molar refractivity (Wildman–Crippen MR) is 139 cm³/mol. The maximum Gasteiger partial charge on any atom is 0.407 e. The van der Waals surface area contributed by atoms with Crippen molar-refractivity contribution >= 4 is 34.4 Å². The Balaban J connectivity index is 1.42. The lowest BCUT2D eigenvalue weighted by Gasteiger charge is -2.29. The van der Waals surface area contributed by atoms with Crippen molar-refractivity contribution in [3.05, 3.63) is 48.5 Å². The molecule has 0 spiro atoms. The van der Waals surface area contributed by atoms with Gasteiger partial charge >= 0.3 is 6.09 Å². The third kappa shape index (κ3) is 6.74. The number of nitrogens with one attached hydrogen (secondary N) is 3. The Morgan fingerprint density at radius 2 is 1.74 bits per heavy atom. The van der Waals surface area contributed by atoms with Crippen LogP contribution < -0.4 is 20.7 Å². The Hall–Kier alpha value is -3.55. The molecule has 0 aliphatic heterocycles. The summed E-state index contributed by atoms with van der Waals surface area (Å²) in [5.74, 6) is 2.46. The van der Waals surface area contributed by atoms with Crippen LogP contribution in [0.3, 0.4) is 0 Å². The number of hydrogen-bond donors (Lipinski definition) is 3. The minimum atomic E-state index is -0.484. The van der Waals surface area contributed by atoms with Gasteiger partial charge in [-0.1, -0.05) is 24.3 Å². The van der Waals surface area contributed by atoms with Gasteiger partial charge < -0.3 is 25.4 Å². The lowest BCUT2D eigenvalue weighted by molar-refractivity contribution is 0.0515. The number of benzene rings is 2. The van der Waals surface area contributed by atoms with E-state index >= 15 is 0 Å². The van der Waals surface area contributed by atoms with Gasteiger partial charge in [-0.25, -0.2) is 9.78 Å². The summed E-state index contributed by atoms with van der Waals surface area (Å²) in [7, 11) is 1.65. The highest BCUT2D eigenvalue weighted by atomic mass is 16.6. The van der Waals surface area contributed by atoms with E-state index in [1.807, 2.05) is 69.3 Å². The Kier molecular flexibility index (Phi) is 7.58. The number of methoxy groups -OCH3 is 1. The summed E-state index contributed by atoms with van der Waals surface area (Å²) >= 11 is 0. The Morgan fingerprint density at radius 3 is 2.43 bits per heavy atom. The topological polar surface area (TPSA) is 97.4 Å². The van der Waals surface area contributed by atoms with Crippen molar-refractivity contribution in [1.29, 1.82) is 0 Å². The summed E-state index contributed by atoms with van der Waals surface area (Å²) in [5.41, 5.74) is 1.24. The van der Waals surface area contributed by atoms with E-state index in [1.165, 1.54) is 0 Å². The summed E-state index contributed by atoms with van der Waals surface area (Å²) in [6, 6.07) is 16.1. The van der Waals surface area contributed by atoms with Crippen LogP contribution in [-0.2, 0) is 4.74 Å². The number of para-hydroxylation sites is 2. The molecule has 1 aliphatic rings. The molecule has 1 fully saturated rings. The van der Waals surface area contributed by atoms with E-state index in [0.29, 0.717) is 24.2 Å². The van der Waals surface area contributed by atoms with E-state index in [9.17, 15) is 4.79 Å². The first-order chi connectivity index (χ1) is 16.8. The lowest BCUT2D eigenvalue weighted by atomic mass is 9.86. The van der Waals surface area contributed by atoms with Crippen molar-refractivity contribution in [1.82, 2.24) is 15.3 Å². The number of anilines is 3. The van der Waals surface area contributed by atoms with Gasteiger partial charge in [0.05, 0.1) is 7.11 Å². The number of rotatable bonds is 7. The van der Waals surface area contributed by atoms with Crippen molar-refractivity contribution < 1.29 is 14.3 Å². The largest absolute Gasteiger partial charge is 0.494 e. The van der Waals surface area contributed by atoms with Crippen LogP contribution in [0.4, 0.5) is 22.2 Å². The molecule has 3 aromatic rings. The number of alkyl carbamates (subject to hydrolysis) is 1. The van der Waals surface area contributed by atoms with Crippen LogP contribution in [0.1, 0.15) is 46.5 Å². The smallest absolute Gasteiger partial charge is 0.407 e. The molecule has 186 valence electrons. The molecule has 3 N–H and O–H groups in total. The average Bonchev–Trinajstić information content (AvgIpc) is 2.83. The van der Waals surface area contributed by atoms with Gasteiger partial charge in [0.15, 0.2) is 0 Å². The summed E-state index contributed by atoms with van der Waals surface area (Å²) in [6.07, 6.45) is 3.64. The van der Waals surface area contributed by atoms with Crippen molar-refractivity contribution in [3.8, 4) is 5.75 Å². The van der Waals surface area contributed by atoms with Gasteiger partial charge in [-0.3, -0.25) is 0 Å². The molecule has 0 radical (unpaired) electrons. The third-order valence-electron chi connectivity index (χ3n) is 6.06. The molecule has 0 unspecified atom stereocenters. The van der Waals surface area contributed by atoms with E-state index < -0.39 is 5.60 Å². The van der Waals surface area contributed by atoms with Crippen molar-refractivity contribution in [2.45, 2.75) is 58.1 Å². The molecule has 8 nitrogen and oxygen atoms in total. The van der Waals surface area contributed by atoms with Crippen molar-refractivity contribution in [2.75, 3.05) is 24.3 Å². The van der Waals surface area contributed by atoms with Crippen LogP contribution in [0, 0.1) is 5.92 Å². The predicted octanol–water partition coefficient (Wildman–Crippen LogP) is 5.88. The zero-order valence-electron chi connectivity index (χ0n) is 20.9. The molecule has 1 aromatic heterocycles. The number of carbonyl (C=O) groups excluding carboxylic acids is 1. The van der Waals surface area contributed by atoms with Crippen LogP contribution in [-0.4, -0.2) is 41.4 Å². The van der Waals surface area contributed by atoms with Crippen molar-refractivity contribution in [2.24, 2.45) is 5.92 Å². The standard InChI is InChI=1S/C27H35N5O3/c1-27(2,3)35-26(33)28-17-18-13-15-20(16-14-18)30-25-31-23-21(11-8-12-22(23)34-4)24(32-25)29-19-9-6-5-7-10-19/h5-12,18,20H,13-17H2,1-4H3,(H,28,33)(H2,29,30,31,32). The van der Waals surface area contributed by atoms with Gasteiger partial charge in [-0.05, 0) is 76.6 Å². The zero-order chi connectivity index (χ0) is 24.8. The van der Waals surface area contributed by atoms with Crippen LogP contribution in [0.25, 0.3) is 10.9 Å². The minimum Gasteiger partial charge on any atom is -0.494 e. The molecular formula is C27H35N5O3. The van der Waals surface area contributed by atoms with Crippen LogP contribution in [0.2, 0.25) is 0 Å². The van der Waals surface area contributed by atoms with Gasteiger partial charge in [-0.2, -0.15) is 4.98 Å². The number of nitrogens with zero attached hydrogens (tertiary/aromatic N) is 2. The summed E-state index contributed by atoms with van der Waals surface area (Å²) < 4.78 is 10.9. The first-order valence-corrected chi connectivity index (χ1v) is 12.2. The van der Waals surface area contributed by atoms with Crippen LogP contribution in [0.5, 0.6) is 5.75 Å². The fourth-order valence-electron chi connectivity index (χ4n) is 4.34. The van der Waals surface area contributed by atoms with E-state index in [2.05, 4.69) is 16.0 Å². The van der Waals surface area contributed by atoms with E-state index in [0.717, 1.165) is 48.1 Å². The minimum absolute atomic E-state index is 0.268. The molecule has 0 bridgehead atoms. The van der Waals surface area contributed by atoms with Gasteiger partial charge in [0, 0.05) is 23.7 Å². The fraction of sp³-hybridized carbons (Fsp3) is 0.444. The second-order valence-corrected chi connectivity index (χ2v) is 9.99. The molecular weight excluding hydrogens is 442 g/mol. The number of ether oxygens (including phenoxy) is 2. The molecule has 1 heterocycles. The second kappa shape index (κ2) is 10.8. The number of aromatic nitrogens is 2. The van der Waals surface area contributed by atoms with Gasteiger partial charge in [-0.15, -0.1) is 0 Å². The van der Waals surface area contributed by atoms with Gasteiger partial charge in [0.25, 0.3) is 0 Å². The Morgan fingerprint density at radius 1 is 1.00 bits per heavy atom. The highest BCUT2D eigenvalue weighted by Crippen LogP contribution is 2.32. The van der Waals surface area contributed by atoms with Crippen molar-refractivity contribution in [3.63, 3.8) is 0 Å². The number of carbonyl (C=O) groups is 1. The highest BCUT2D eigenvalue weighted by molar-refractivity contribution is 5.95. The highest BCUT2D eigenvalue weighted by Gasteiger charge is 2.24. The van der Waals surface area contributed by atoms with E-state index in [4.69, 9.17) is 19.4 Å². The molecule has 0 atom stereocenters. The summed E-state index contributed by atoms with van der Waals surface area (Å²) in [5, 5.41) is 10.8. The Bertz CT molecular complexity index is 1140. The molecule has 4 rings (SSSR count). The SMILES string of the molecule is COc1cccc2c(Nc3ccccc3)nc(NC3CCC(CNC(=O)OC(C)(C)C)CC3)nc12. The molecule has 35 heavy (non-hydrogen) atoms. The molecule has 2 aromatic carbocycles. The molecule has 1 amide bonds. The monoisotopic (exact) mass is 477 g/mol. The first-order valence-electron chi connectivity index (χ1n) is 12.2. The molecule has 1 aliphatic carbocycles. The quantitative estimate of drug-likeness (QED) is 0.391. The van der Waals surface area contributed by atoms with Gasteiger partial charge in [0.2, 0.25) is 5.95 Å². The maximum atomic E-state index is 12.0. The first kappa shape index (κ1) is 24.6. The summed E-state index contributed by atoms with van der Waals surface area (Å²) in [4.78, 5) is 21.6. The Labute approximate surface area is 206 Å². The number of fused-ring (bicyclic) bond motifs is 1. The second-order valence-electron chi connectivity index (χ2n) is 9.99. The van der Waals surface area contributed by atoms with Crippen LogP contribution >= 0.6 is 0 Å². The average molecular weight is 478 g/mol.